The fourth-order valence-corrected chi connectivity index (χ4v) is 4.36. The number of anilines is 2. The number of rotatable bonds is 4. The van der Waals surface area contributed by atoms with Crippen molar-refractivity contribution in [1.29, 1.82) is 0 Å². The molecule has 3 aromatic rings. The molecule has 1 saturated heterocycles. The van der Waals surface area contributed by atoms with E-state index in [4.69, 9.17) is 35.4 Å². The molecule has 0 radical (unpaired) electrons. The van der Waals surface area contributed by atoms with Crippen LogP contribution in [0.5, 0.6) is 0 Å². The molecule has 2 N–H and O–H groups in total. The highest BCUT2D eigenvalue weighted by Gasteiger charge is 2.23. The van der Waals surface area contributed by atoms with Crippen molar-refractivity contribution in [3.8, 4) is 0 Å². The maximum Gasteiger partial charge on any atom is 0.258 e. The summed E-state index contributed by atoms with van der Waals surface area (Å²) in [6.07, 6.45) is 0. The number of amides is 2. The first-order valence-corrected chi connectivity index (χ1v) is 11.8. The van der Waals surface area contributed by atoms with E-state index in [0.717, 1.165) is 11.4 Å². The van der Waals surface area contributed by atoms with Crippen LogP contribution in [0.1, 0.15) is 20.7 Å². The Hall–Kier alpha value is -3.13. The molecule has 1 fully saturated rings. The van der Waals surface area contributed by atoms with E-state index in [9.17, 15) is 9.59 Å². The fourth-order valence-electron chi connectivity index (χ4n) is 3.77. The van der Waals surface area contributed by atoms with E-state index in [1.54, 1.807) is 18.2 Å². The molecule has 1 heterocycles. The Morgan fingerprint density at radius 2 is 1.50 bits per heavy atom. The van der Waals surface area contributed by atoms with Gasteiger partial charge in [0.2, 0.25) is 0 Å². The van der Waals surface area contributed by atoms with Gasteiger partial charge in [0.25, 0.3) is 11.8 Å². The van der Waals surface area contributed by atoms with Crippen LogP contribution in [0.2, 0.25) is 10.0 Å². The molecule has 3 aromatic carbocycles. The topological polar surface area (TPSA) is 64.7 Å². The first-order valence-electron chi connectivity index (χ1n) is 10.7. The van der Waals surface area contributed by atoms with E-state index in [1.807, 2.05) is 59.5 Å². The number of thiocarbonyl (C=S) groups is 1. The van der Waals surface area contributed by atoms with Crippen LogP contribution in [-0.4, -0.2) is 48.0 Å². The van der Waals surface area contributed by atoms with Gasteiger partial charge in [-0.3, -0.25) is 14.9 Å². The summed E-state index contributed by atoms with van der Waals surface area (Å²) in [6, 6.07) is 21.8. The molecule has 1 aliphatic heterocycles. The van der Waals surface area contributed by atoms with Gasteiger partial charge in [0.15, 0.2) is 5.11 Å². The van der Waals surface area contributed by atoms with Gasteiger partial charge in [-0.15, -0.1) is 0 Å². The van der Waals surface area contributed by atoms with Crippen molar-refractivity contribution in [3.05, 3.63) is 94.0 Å². The van der Waals surface area contributed by atoms with E-state index in [-0.39, 0.29) is 21.6 Å². The maximum absolute atomic E-state index is 12.7. The number of hydrogen-bond acceptors (Lipinski definition) is 4. The highest BCUT2D eigenvalue weighted by molar-refractivity contribution is 7.80. The Labute approximate surface area is 213 Å². The minimum absolute atomic E-state index is 0.0372. The minimum Gasteiger partial charge on any atom is -0.366 e. The van der Waals surface area contributed by atoms with Gasteiger partial charge in [0.1, 0.15) is 0 Å². The van der Waals surface area contributed by atoms with Gasteiger partial charge in [0.05, 0.1) is 27.0 Å². The molecule has 0 aromatic heterocycles. The zero-order chi connectivity index (χ0) is 24.1. The Bertz CT molecular complexity index is 1210. The molecule has 2 amide bonds. The molecule has 174 valence electrons. The summed E-state index contributed by atoms with van der Waals surface area (Å²) in [5.41, 5.74) is 2.63. The summed E-state index contributed by atoms with van der Waals surface area (Å²) in [5, 5.41) is 6.37. The molecule has 0 bridgehead atoms. The highest BCUT2D eigenvalue weighted by Crippen LogP contribution is 2.28. The summed E-state index contributed by atoms with van der Waals surface area (Å²) < 4.78 is 0. The molecule has 9 heteroatoms. The number of para-hydroxylation sites is 2. The largest absolute Gasteiger partial charge is 0.366 e. The molecule has 1 aliphatic rings. The van der Waals surface area contributed by atoms with Crippen molar-refractivity contribution in [2.24, 2.45) is 0 Å². The number of hydrogen-bond donors (Lipinski definition) is 2. The summed E-state index contributed by atoms with van der Waals surface area (Å²) in [7, 11) is 0. The molecular weight excluding hydrogens is 491 g/mol. The lowest BCUT2D eigenvalue weighted by Crippen LogP contribution is -2.49. The summed E-state index contributed by atoms with van der Waals surface area (Å²) in [5.74, 6) is -0.411. The molecule has 0 saturated carbocycles. The number of nitrogens with one attached hydrogen (secondary N) is 2. The SMILES string of the molecule is O=C(NC(=S)Nc1ccccc1N1CCN(C(=O)c2ccccc2)CC1)c1cccc(Cl)c1Cl. The van der Waals surface area contributed by atoms with E-state index < -0.39 is 5.91 Å². The highest BCUT2D eigenvalue weighted by atomic mass is 35.5. The van der Waals surface area contributed by atoms with Crippen LogP contribution in [0.15, 0.2) is 72.8 Å². The smallest absolute Gasteiger partial charge is 0.258 e. The Balaban J connectivity index is 1.39. The number of carbonyl (C=O) groups is 2. The van der Waals surface area contributed by atoms with Crippen LogP contribution in [-0.2, 0) is 0 Å². The monoisotopic (exact) mass is 512 g/mol. The normalized spacial score (nSPS) is 13.4. The molecule has 0 unspecified atom stereocenters. The van der Waals surface area contributed by atoms with Gasteiger partial charge in [-0.2, -0.15) is 0 Å². The first kappa shape index (κ1) is 24.0. The van der Waals surface area contributed by atoms with Gasteiger partial charge >= 0.3 is 0 Å². The number of carbonyl (C=O) groups excluding carboxylic acids is 2. The number of piperazine rings is 1. The van der Waals surface area contributed by atoms with Gasteiger partial charge in [-0.25, -0.2) is 0 Å². The maximum atomic E-state index is 12.7. The first-order chi connectivity index (χ1) is 16.4. The molecule has 0 spiro atoms. The second kappa shape index (κ2) is 10.9. The third kappa shape index (κ3) is 5.50. The molecule has 0 atom stereocenters. The van der Waals surface area contributed by atoms with Crippen molar-refractivity contribution in [3.63, 3.8) is 0 Å². The van der Waals surface area contributed by atoms with Gasteiger partial charge in [0, 0.05) is 31.7 Å². The van der Waals surface area contributed by atoms with Crippen LogP contribution >= 0.6 is 35.4 Å². The van der Waals surface area contributed by atoms with Crippen molar-refractivity contribution in [1.82, 2.24) is 10.2 Å². The summed E-state index contributed by atoms with van der Waals surface area (Å²) in [4.78, 5) is 29.4. The standard InChI is InChI=1S/C25H22Cl2N4O2S/c26-19-10-6-9-18(22(19)27)23(32)29-25(34)28-20-11-4-5-12-21(20)30-13-15-31(16-14-30)24(33)17-7-2-1-3-8-17/h1-12H,13-16H2,(H2,28,29,32,34). The fraction of sp³-hybridized carbons (Fsp3) is 0.160. The Morgan fingerprint density at radius 1 is 0.824 bits per heavy atom. The zero-order valence-electron chi connectivity index (χ0n) is 18.1. The van der Waals surface area contributed by atoms with Crippen molar-refractivity contribution in [2.75, 3.05) is 36.4 Å². The third-order valence-corrected chi connectivity index (χ3v) is 6.53. The van der Waals surface area contributed by atoms with Crippen LogP contribution in [0.25, 0.3) is 0 Å². The second-order valence-electron chi connectivity index (χ2n) is 7.67. The Morgan fingerprint density at radius 3 is 2.24 bits per heavy atom. The minimum atomic E-state index is -0.449. The predicted molar refractivity (Wildman–Crippen MR) is 141 cm³/mol. The van der Waals surface area contributed by atoms with Crippen LogP contribution in [0, 0.1) is 0 Å². The lowest BCUT2D eigenvalue weighted by Gasteiger charge is -2.37. The lowest BCUT2D eigenvalue weighted by atomic mass is 10.1. The van der Waals surface area contributed by atoms with Gasteiger partial charge in [-0.05, 0) is 48.6 Å². The summed E-state index contributed by atoms with van der Waals surface area (Å²) in [6.45, 7) is 2.57. The molecule has 0 aliphatic carbocycles. The predicted octanol–water partition coefficient (Wildman–Crippen LogP) is 5.08. The molecular formula is C25H22Cl2N4O2S. The second-order valence-corrected chi connectivity index (χ2v) is 8.87. The average molecular weight is 513 g/mol. The zero-order valence-corrected chi connectivity index (χ0v) is 20.5. The molecule has 4 rings (SSSR count). The summed E-state index contributed by atoms with van der Waals surface area (Å²) >= 11 is 17.5. The molecule has 34 heavy (non-hydrogen) atoms. The quantitative estimate of drug-likeness (QED) is 0.477. The van der Waals surface area contributed by atoms with Gasteiger partial charge in [-0.1, -0.05) is 59.6 Å². The van der Waals surface area contributed by atoms with Gasteiger partial charge < -0.3 is 15.1 Å². The lowest BCUT2D eigenvalue weighted by molar-refractivity contribution is 0.0746. The van der Waals surface area contributed by atoms with E-state index in [1.165, 1.54) is 0 Å². The van der Waals surface area contributed by atoms with E-state index in [2.05, 4.69) is 15.5 Å². The van der Waals surface area contributed by atoms with Crippen LogP contribution in [0.4, 0.5) is 11.4 Å². The number of benzene rings is 3. The molecule has 6 nitrogen and oxygen atoms in total. The van der Waals surface area contributed by atoms with E-state index >= 15 is 0 Å². The number of nitrogens with zero attached hydrogens (tertiary/aromatic N) is 2. The van der Waals surface area contributed by atoms with Crippen molar-refractivity contribution < 1.29 is 9.59 Å². The van der Waals surface area contributed by atoms with Crippen molar-refractivity contribution >= 4 is 63.7 Å². The average Bonchev–Trinajstić information content (AvgIpc) is 2.86. The van der Waals surface area contributed by atoms with Crippen LogP contribution < -0.4 is 15.5 Å². The van der Waals surface area contributed by atoms with E-state index in [0.29, 0.717) is 36.8 Å². The third-order valence-electron chi connectivity index (χ3n) is 5.50. The van der Waals surface area contributed by atoms with Crippen molar-refractivity contribution in [2.45, 2.75) is 0 Å². The number of halogens is 2. The van der Waals surface area contributed by atoms with Crippen LogP contribution in [0.3, 0.4) is 0 Å². The Kier molecular flexibility index (Phi) is 7.67.